The Morgan fingerprint density at radius 1 is 0.321 bits per heavy atom. The second kappa shape index (κ2) is 14.7. The van der Waals surface area contributed by atoms with Crippen molar-refractivity contribution in [3.05, 3.63) is 223 Å². The maximum absolute atomic E-state index is 2.34. The van der Waals surface area contributed by atoms with Gasteiger partial charge in [0.1, 0.15) is 0 Å². The summed E-state index contributed by atoms with van der Waals surface area (Å²) in [5.74, 6) is 0. The van der Waals surface area contributed by atoms with Gasteiger partial charge in [-0.2, -0.15) is 0 Å². The van der Waals surface area contributed by atoms with Gasteiger partial charge in [0, 0.05) is 37.2 Å². The van der Waals surface area contributed by atoms with Crippen LogP contribution in [0, 0.1) is 0 Å². The lowest BCUT2D eigenvalue weighted by Crippen LogP contribution is -2.09. The summed E-state index contributed by atoms with van der Waals surface area (Å²) in [6.07, 6.45) is 4.45. The number of benzene rings is 9. The van der Waals surface area contributed by atoms with Crippen molar-refractivity contribution >= 4 is 71.5 Å². The molecule has 0 atom stereocenters. The van der Waals surface area contributed by atoms with Crippen LogP contribution in [0.1, 0.15) is 11.1 Å². The van der Waals surface area contributed by atoms with E-state index in [1.807, 2.05) is 11.3 Å². The maximum atomic E-state index is 2.34. The first-order chi connectivity index (χ1) is 27.7. The molecule has 0 unspecified atom stereocenters. The number of anilines is 3. The van der Waals surface area contributed by atoms with Crippen molar-refractivity contribution < 1.29 is 0 Å². The van der Waals surface area contributed by atoms with Gasteiger partial charge in [-0.25, -0.2) is 0 Å². The lowest BCUT2D eigenvalue weighted by atomic mass is 9.90. The predicted molar refractivity (Wildman–Crippen MR) is 243 cm³/mol. The topological polar surface area (TPSA) is 3.24 Å². The number of fused-ring (bicyclic) bond motifs is 4. The molecule has 0 fully saturated rings. The minimum atomic E-state index is 1.14. The van der Waals surface area contributed by atoms with E-state index in [0.29, 0.717) is 0 Å². The molecule has 0 amide bonds. The highest BCUT2D eigenvalue weighted by molar-refractivity contribution is 7.25. The minimum Gasteiger partial charge on any atom is -0.310 e. The van der Waals surface area contributed by atoms with Crippen LogP contribution < -0.4 is 4.90 Å². The monoisotopic (exact) mass is 731 g/mol. The van der Waals surface area contributed by atoms with E-state index >= 15 is 0 Å². The molecule has 264 valence electrons. The van der Waals surface area contributed by atoms with Crippen molar-refractivity contribution in [2.75, 3.05) is 4.90 Å². The Hall–Kier alpha value is -7.00. The van der Waals surface area contributed by atoms with Crippen LogP contribution >= 0.6 is 11.3 Å². The SMILES string of the molecule is C(=C\c1ccc2c(c1)sc1cc(N(c3ccccc3)c3ccccc3)ccc12)/c1ccc(-c2cc3ccccc3cc2-c2ccc(-c3ccccc3)cc2)cc1. The van der Waals surface area contributed by atoms with E-state index < -0.39 is 0 Å². The number of hydrogen-bond acceptors (Lipinski definition) is 2. The van der Waals surface area contributed by atoms with Crippen LogP contribution in [0.15, 0.2) is 212 Å². The van der Waals surface area contributed by atoms with Crippen molar-refractivity contribution in [3.8, 4) is 33.4 Å². The van der Waals surface area contributed by atoms with Gasteiger partial charge in [0.05, 0.1) is 0 Å². The Balaban J connectivity index is 0.934. The van der Waals surface area contributed by atoms with E-state index in [1.54, 1.807) is 0 Å². The standard InChI is InChI=1S/C54H37NS/c1-4-12-40(13-5-1)41-27-29-43(30-28-41)52-36-45-15-11-10-14-44(45)35-51(52)42-25-22-38(23-26-42)20-21-39-24-32-49-50-33-31-48(37-54(50)56-53(49)34-39)55(46-16-6-2-7-17-46)47-18-8-3-9-19-47/h1-37H/b21-20+. The average Bonchev–Trinajstić information content (AvgIpc) is 3.64. The van der Waals surface area contributed by atoms with Gasteiger partial charge in [-0.05, 0) is 110 Å². The average molecular weight is 732 g/mol. The molecule has 0 aliphatic carbocycles. The number of thiophene rings is 1. The van der Waals surface area contributed by atoms with Crippen LogP contribution in [0.25, 0.3) is 76.5 Å². The first kappa shape index (κ1) is 33.6. The fourth-order valence-electron chi connectivity index (χ4n) is 7.78. The van der Waals surface area contributed by atoms with Gasteiger partial charge in [-0.1, -0.05) is 170 Å². The molecular weight excluding hydrogens is 695 g/mol. The molecule has 2 heteroatoms. The minimum absolute atomic E-state index is 1.14. The van der Waals surface area contributed by atoms with Gasteiger partial charge in [0.15, 0.2) is 0 Å². The third kappa shape index (κ3) is 6.57. The van der Waals surface area contributed by atoms with Gasteiger partial charge in [0.25, 0.3) is 0 Å². The van der Waals surface area contributed by atoms with Crippen molar-refractivity contribution in [2.45, 2.75) is 0 Å². The Kier molecular flexibility index (Phi) is 8.79. The normalized spacial score (nSPS) is 11.5. The van der Waals surface area contributed by atoms with Gasteiger partial charge < -0.3 is 4.90 Å². The zero-order valence-electron chi connectivity index (χ0n) is 30.7. The molecule has 0 aliphatic heterocycles. The molecule has 1 heterocycles. The molecule has 0 bridgehead atoms. The van der Waals surface area contributed by atoms with Crippen LogP contribution in [0.5, 0.6) is 0 Å². The summed E-state index contributed by atoms with van der Waals surface area (Å²) in [5.41, 5.74) is 13.2. The van der Waals surface area contributed by atoms with Crippen molar-refractivity contribution in [3.63, 3.8) is 0 Å². The first-order valence-electron chi connectivity index (χ1n) is 19.1. The molecule has 56 heavy (non-hydrogen) atoms. The molecule has 0 spiro atoms. The number of nitrogens with zero attached hydrogens (tertiary/aromatic N) is 1. The fraction of sp³-hybridized carbons (Fsp3) is 0. The lowest BCUT2D eigenvalue weighted by molar-refractivity contribution is 1.29. The first-order valence-corrected chi connectivity index (χ1v) is 19.9. The molecule has 10 aromatic rings. The van der Waals surface area contributed by atoms with Crippen molar-refractivity contribution in [1.82, 2.24) is 0 Å². The summed E-state index contributed by atoms with van der Waals surface area (Å²) in [5, 5.41) is 5.08. The van der Waals surface area contributed by atoms with Crippen LogP contribution in [0.2, 0.25) is 0 Å². The summed E-state index contributed by atoms with van der Waals surface area (Å²) in [7, 11) is 0. The second-order valence-electron chi connectivity index (χ2n) is 14.2. The quantitative estimate of drug-likeness (QED) is 0.141. The molecular formula is C54H37NS. The maximum Gasteiger partial charge on any atom is 0.0476 e. The summed E-state index contributed by atoms with van der Waals surface area (Å²) in [6, 6.07) is 76.7. The molecule has 9 aromatic carbocycles. The molecule has 1 aromatic heterocycles. The Morgan fingerprint density at radius 2 is 0.768 bits per heavy atom. The number of hydrogen-bond donors (Lipinski definition) is 0. The molecule has 1 nitrogen and oxygen atoms in total. The van der Waals surface area contributed by atoms with Crippen LogP contribution in [0.4, 0.5) is 17.1 Å². The van der Waals surface area contributed by atoms with E-state index in [0.717, 1.165) is 17.1 Å². The number of rotatable bonds is 8. The van der Waals surface area contributed by atoms with E-state index in [1.165, 1.54) is 75.5 Å². The van der Waals surface area contributed by atoms with Crippen LogP contribution in [0.3, 0.4) is 0 Å². The van der Waals surface area contributed by atoms with E-state index in [4.69, 9.17) is 0 Å². The smallest absolute Gasteiger partial charge is 0.0476 e. The van der Waals surface area contributed by atoms with Crippen LogP contribution in [-0.2, 0) is 0 Å². The summed E-state index contributed by atoms with van der Waals surface area (Å²) in [6.45, 7) is 0. The van der Waals surface area contributed by atoms with Crippen molar-refractivity contribution in [1.29, 1.82) is 0 Å². The highest BCUT2D eigenvalue weighted by Crippen LogP contribution is 2.41. The predicted octanol–water partition coefficient (Wildman–Crippen LogP) is 15.8. The third-order valence-electron chi connectivity index (χ3n) is 10.6. The summed E-state index contributed by atoms with van der Waals surface area (Å²) >= 11 is 1.86. The molecule has 10 rings (SSSR count). The fourth-order valence-corrected chi connectivity index (χ4v) is 8.97. The van der Waals surface area contributed by atoms with Crippen LogP contribution in [-0.4, -0.2) is 0 Å². The van der Waals surface area contributed by atoms with Crippen molar-refractivity contribution in [2.24, 2.45) is 0 Å². The Labute approximate surface area is 331 Å². The van der Waals surface area contributed by atoms with E-state index in [2.05, 4.69) is 229 Å². The zero-order valence-corrected chi connectivity index (χ0v) is 31.5. The Bertz CT molecular complexity index is 2940. The van der Waals surface area contributed by atoms with E-state index in [-0.39, 0.29) is 0 Å². The van der Waals surface area contributed by atoms with E-state index in [9.17, 15) is 0 Å². The molecule has 0 saturated heterocycles. The molecule has 0 radical (unpaired) electrons. The summed E-state index contributed by atoms with van der Waals surface area (Å²) < 4.78 is 2.58. The van der Waals surface area contributed by atoms with Gasteiger partial charge in [-0.3, -0.25) is 0 Å². The largest absolute Gasteiger partial charge is 0.310 e. The third-order valence-corrected chi connectivity index (χ3v) is 11.8. The highest BCUT2D eigenvalue weighted by Gasteiger charge is 2.15. The lowest BCUT2D eigenvalue weighted by Gasteiger charge is -2.25. The second-order valence-corrected chi connectivity index (χ2v) is 15.3. The van der Waals surface area contributed by atoms with Gasteiger partial charge >= 0.3 is 0 Å². The molecule has 0 N–H and O–H groups in total. The van der Waals surface area contributed by atoms with Gasteiger partial charge in [0.2, 0.25) is 0 Å². The molecule has 0 aliphatic rings. The Morgan fingerprint density at radius 3 is 1.38 bits per heavy atom. The summed E-state index contributed by atoms with van der Waals surface area (Å²) in [4.78, 5) is 2.33. The zero-order chi connectivity index (χ0) is 37.3. The highest BCUT2D eigenvalue weighted by atomic mass is 32.1. The number of para-hydroxylation sites is 2. The van der Waals surface area contributed by atoms with Gasteiger partial charge in [-0.15, -0.1) is 11.3 Å². The molecule has 0 saturated carbocycles.